The van der Waals surface area contributed by atoms with Gasteiger partial charge in [0, 0.05) is 18.7 Å². The van der Waals surface area contributed by atoms with Gasteiger partial charge in [-0.25, -0.2) is 8.78 Å². The molecule has 6 heteroatoms. The molecule has 0 unspecified atom stereocenters. The molecule has 0 aliphatic heterocycles. The average molecular weight is 261 g/mol. The van der Waals surface area contributed by atoms with Crippen molar-refractivity contribution >= 4 is 0 Å². The number of phenolic OH excluding ortho intramolecular Hbond substituents is 1. The molecular weight excluding hydrogens is 244 g/mol. The van der Waals surface area contributed by atoms with Gasteiger partial charge in [-0.1, -0.05) is 0 Å². The SMILES string of the molecule is COc1ccc(O)c(CNCCOCC(F)F)c1. The van der Waals surface area contributed by atoms with E-state index in [1.807, 2.05) is 0 Å². The Morgan fingerprint density at radius 2 is 2.17 bits per heavy atom. The molecule has 4 nitrogen and oxygen atoms in total. The number of hydrogen-bond donors (Lipinski definition) is 2. The number of ether oxygens (including phenoxy) is 2. The van der Waals surface area contributed by atoms with Crippen LogP contribution in [0.25, 0.3) is 0 Å². The molecule has 0 aromatic heterocycles. The molecule has 1 aromatic rings. The van der Waals surface area contributed by atoms with Crippen LogP contribution in [0.15, 0.2) is 18.2 Å². The molecule has 1 aromatic carbocycles. The van der Waals surface area contributed by atoms with Gasteiger partial charge in [0.2, 0.25) is 0 Å². The number of rotatable bonds is 8. The minimum atomic E-state index is -2.44. The van der Waals surface area contributed by atoms with Gasteiger partial charge in [0.05, 0.1) is 13.7 Å². The summed E-state index contributed by atoms with van der Waals surface area (Å²) in [5.74, 6) is 0.815. The Morgan fingerprint density at radius 1 is 1.39 bits per heavy atom. The minimum Gasteiger partial charge on any atom is -0.508 e. The lowest BCUT2D eigenvalue weighted by molar-refractivity contribution is 0.0187. The topological polar surface area (TPSA) is 50.7 Å². The molecule has 0 saturated heterocycles. The van der Waals surface area contributed by atoms with Crippen LogP contribution in [0.4, 0.5) is 8.78 Å². The van der Waals surface area contributed by atoms with E-state index in [0.29, 0.717) is 24.4 Å². The van der Waals surface area contributed by atoms with Crippen LogP contribution in [0, 0.1) is 0 Å². The molecule has 0 fully saturated rings. The summed E-state index contributed by atoms with van der Waals surface area (Å²) >= 11 is 0. The van der Waals surface area contributed by atoms with Crippen molar-refractivity contribution in [3.63, 3.8) is 0 Å². The third-order valence-corrected chi connectivity index (χ3v) is 2.27. The monoisotopic (exact) mass is 261 g/mol. The lowest BCUT2D eigenvalue weighted by atomic mass is 10.2. The smallest absolute Gasteiger partial charge is 0.261 e. The number of alkyl halides is 2. The number of methoxy groups -OCH3 is 1. The predicted octanol–water partition coefficient (Wildman–Crippen LogP) is 1.77. The van der Waals surface area contributed by atoms with Crippen LogP contribution in [0.1, 0.15) is 5.56 Å². The third-order valence-electron chi connectivity index (χ3n) is 2.27. The van der Waals surface area contributed by atoms with E-state index in [2.05, 4.69) is 5.32 Å². The normalized spacial score (nSPS) is 10.9. The molecule has 18 heavy (non-hydrogen) atoms. The Balaban J connectivity index is 2.26. The molecule has 0 radical (unpaired) electrons. The maximum atomic E-state index is 11.8. The van der Waals surface area contributed by atoms with Crippen molar-refractivity contribution in [3.05, 3.63) is 23.8 Å². The molecule has 0 aliphatic carbocycles. The first-order chi connectivity index (χ1) is 8.63. The Hall–Kier alpha value is -1.40. The summed E-state index contributed by atoms with van der Waals surface area (Å²) in [5, 5.41) is 12.6. The fourth-order valence-electron chi connectivity index (χ4n) is 1.37. The van der Waals surface area contributed by atoms with Crippen molar-refractivity contribution in [3.8, 4) is 11.5 Å². The van der Waals surface area contributed by atoms with Crippen molar-refractivity contribution in [2.45, 2.75) is 13.0 Å². The van der Waals surface area contributed by atoms with E-state index in [-0.39, 0.29) is 12.4 Å². The summed E-state index contributed by atoms with van der Waals surface area (Å²) in [6.07, 6.45) is -2.44. The molecule has 0 atom stereocenters. The minimum absolute atomic E-state index is 0.164. The van der Waals surface area contributed by atoms with Crippen LogP contribution in [0.2, 0.25) is 0 Å². The van der Waals surface area contributed by atoms with Crippen LogP contribution in [0.3, 0.4) is 0 Å². The molecular formula is C12H17F2NO3. The van der Waals surface area contributed by atoms with E-state index in [4.69, 9.17) is 9.47 Å². The van der Waals surface area contributed by atoms with Crippen molar-refractivity contribution in [1.82, 2.24) is 5.32 Å². The summed E-state index contributed by atoms with van der Waals surface area (Å²) in [6, 6.07) is 4.91. The van der Waals surface area contributed by atoms with E-state index in [9.17, 15) is 13.9 Å². The predicted molar refractivity (Wildman–Crippen MR) is 63.2 cm³/mol. The number of phenols is 1. The zero-order chi connectivity index (χ0) is 13.4. The summed E-state index contributed by atoms with van der Waals surface area (Å²) in [6.45, 7) is 0.506. The van der Waals surface area contributed by atoms with Crippen molar-refractivity contribution in [1.29, 1.82) is 0 Å². The first-order valence-electron chi connectivity index (χ1n) is 5.56. The second-order valence-electron chi connectivity index (χ2n) is 3.64. The Labute approximate surface area is 105 Å². The van der Waals surface area contributed by atoms with Gasteiger partial charge >= 0.3 is 0 Å². The van der Waals surface area contributed by atoms with Crippen molar-refractivity contribution in [2.75, 3.05) is 26.9 Å². The van der Waals surface area contributed by atoms with Gasteiger partial charge in [-0.2, -0.15) is 0 Å². The molecule has 0 bridgehead atoms. The van der Waals surface area contributed by atoms with E-state index in [1.54, 1.807) is 25.3 Å². The molecule has 0 saturated carbocycles. The molecule has 0 heterocycles. The molecule has 2 N–H and O–H groups in total. The first-order valence-corrected chi connectivity index (χ1v) is 5.56. The van der Waals surface area contributed by atoms with Crippen molar-refractivity contribution < 1.29 is 23.4 Å². The second-order valence-corrected chi connectivity index (χ2v) is 3.64. The number of aromatic hydroxyl groups is 1. The number of halogens is 2. The van der Waals surface area contributed by atoms with Gasteiger partial charge in [0.1, 0.15) is 18.1 Å². The largest absolute Gasteiger partial charge is 0.508 e. The highest BCUT2D eigenvalue weighted by Gasteiger charge is 2.03. The average Bonchev–Trinajstić information content (AvgIpc) is 2.35. The maximum absolute atomic E-state index is 11.8. The van der Waals surface area contributed by atoms with E-state index < -0.39 is 13.0 Å². The van der Waals surface area contributed by atoms with Gasteiger partial charge in [0.15, 0.2) is 0 Å². The highest BCUT2D eigenvalue weighted by Crippen LogP contribution is 2.22. The summed E-state index contributed by atoms with van der Waals surface area (Å²) < 4.78 is 33.2. The Bertz CT molecular complexity index is 361. The number of hydrogen-bond acceptors (Lipinski definition) is 4. The van der Waals surface area contributed by atoms with E-state index >= 15 is 0 Å². The lowest BCUT2D eigenvalue weighted by Crippen LogP contribution is -2.20. The summed E-state index contributed by atoms with van der Waals surface area (Å²) in [5.41, 5.74) is 0.684. The van der Waals surface area contributed by atoms with Crippen LogP contribution in [0.5, 0.6) is 11.5 Å². The van der Waals surface area contributed by atoms with Gasteiger partial charge in [0.25, 0.3) is 6.43 Å². The van der Waals surface area contributed by atoms with Gasteiger partial charge in [-0.05, 0) is 18.2 Å². The highest BCUT2D eigenvalue weighted by molar-refractivity contribution is 5.39. The van der Waals surface area contributed by atoms with E-state index in [0.717, 1.165) is 0 Å². The molecule has 1 rings (SSSR count). The van der Waals surface area contributed by atoms with Gasteiger partial charge < -0.3 is 19.9 Å². The summed E-state index contributed by atoms with van der Waals surface area (Å²) in [7, 11) is 1.54. The van der Waals surface area contributed by atoms with Crippen LogP contribution >= 0.6 is 0 Å². The fourth-order valence-corrected chi connectivity index (χ4v) is 1.37. The zero-order valence-electron chi connectivity index (χ0n) is 10.2. The van der Waals surface area contributed by atoms with Crippen LogP contribution in [-0.4, -0.2) is 38.4 Å². The number of nitrogens with one attached hydrogen (secondary N) is 1. The van der Waals surface area contributed by atoms with Gasteiger partial charge in [-0.3, -0.25) is 0 Å². The molecule has 0 spiro atoms. The van der Waals surface area contributed by atoms with Crippen LogP contribution < -0.4 is 10.1 Å². The zero-order valence-corrected chi connectivity index (χ0v) is 10.2. The Kier molecular flexibility index (Phi) is 6.38. The van der Waals surface area contributed by atoms with E-state index in [1.165, 1.54) is 0 Å². The Morgan fingerprint density at radius 3 is 2.83 bits per heavy atom. The quantitative estimate of drug-likeness (QED) is 0.700. The lowest BCUT2D eigenvalue weighted by Gasteiger charge is -2.09. The molecule has 0 amide bonds. The fraction of sp³-hybridized carbons (Fsp3) is 0.500. The molecule has 0 aliphatic rings. The van der Waals surface area contributed by atoms with Gasteiger partial charge in [-0.15, -0.1) is 0 Å². The highest BCUT2D eigenvalue weighted by atomic mass is 19.3. The second kappa shape index (κ2) is 7.84. The van der Waals surface area contributed by atoms with Crippen LogP contribution in [-0.2, 0) is 11.3 Å². The number of benzene rings is 1. The molecule has 102 valence electrons. The third kappa shape index (κ3) is 5.29. The first kappa shape index (κ1) is 14.7. The standard InChI is InChI=1S/C12H17F2NO3/c1-17-10-2-3-11(16)9(6-10)7-15-4-5-18-8-12(13)14/h2-3,6,12,15-16H,4-5,7-8H2,1H3. The van der Waals surface area contributed by atoms with Crippen molar-refractivity contribution in [2.24, 2.45) is 0 Å². The summed E-state index contributed by atoms with van der Waals surface area (Å²) in [4.78, 5) is 0. The maximum Gasteiger partial charge on any atom is 0.261 e.